The van der Waals surface area contributed by atoms with Crippen LogP contribution >= 0.6 is 0 Å². The van der Waals surface area contributed by atoms with Crippen molar-refractivity contribution in [2.24, 2.45) is 0 Å². The number of methoxy groups -OCH3 is 1. The molecule has 1 N–H and O–H groups in total. The van der Waals surface area contributed by atoms with Gasteiger partial charge in [-0.15, -0.1) is 0 Å². The average Bonchev–Trinajstić information content (AvgIpc) is 2.73. The molecule has 0 aromatic heterocycles. The van der Waals surface area contributed by atoms with E-state index in [4.69, 9.17) is 18.9 Å². The Bertz CT molecular complexity index is 819. The van der Waals surface area contributed by atoms with Gasteiger partial charge in [0.25, 0.3) is 5.91 Å². The molecule has 0 saturated carbocycles. The number of nitrogens with one attached hydrogen (secondary N) is 1. The van der Waals surface area contributed by atoms with Gasteiger partial charge >= 0.3 is 5.97 Å². The molecule has 156 valence electrons. The summed E-state index contributed by atoms with van der Waals surface area (Å²) in [5.41, 5.74) is 0.858. The quantitative estimate of drug-likeness (QED) is 0.605. The topological polar surface area (TPSA) is 83.1 Å². The number of ether oxygens (including phenoxy) is 4. The van der Waals surface area contributed by atoms with Gasteiger partial charge in [-0.25, -0.2) is 4.79 Å². The summed E-state index contributed by atoms with van der Waals surface area (Å²) >= 11 is 0. The van der Waals surface area contributed by atoms with Crippen LogP contribution in [0.15, 0.2) is 42.5 Å². The molecule has 0 bridgehead atoms. The maximum atomic E-state index is 12.5. The van der Waals surface area contributed by atoms with Crippen LogP contribution in [0.3, 0.4) is 0 Å². The van der Waals surface area contributed by atoms with Crippen molar-refractivity contribution in [2.75, 3.05) is 25.6 Å². The van der Waals surface area contributed by atoms with Gasteiger partial charge < -0.3 is 24.3 Å². The molecule has 0 heterocycles. The molecule has 0 aliphatic carbocycles. The lowest BCUT2D eigenvalue weighted by Gasteiger charge is -2.15. The van der Waals surface area contributed by atoms with Crippen LogP contribution in [0.5, 0.6) is 17.2 Å². The van der Waals surface area contributed by atoms with Gasteiger partial charge in [0.15, 0.2) is 17.6 Å². The van der Waals surface area contributed by atoms with Crippen LogP contribution in [-0.4, -0.2) is 38.3 Å². The van der Waals surface area contributed by atoms with Crippen molar-refractivity contribution in [3.8, 4) is 17.2 Å². The Morgan fingerprint density at radius 1 is 1.00 bits per heavy atom. The first-order valence-electron chi connectivity index (χ1n) is 9.54. The monoisotopic (exact) mass is 401 g/mol. The molecular formula is C22H27NO6. The number of esters is 1. The fraction of sp³-hybridized carbons (Fsp3) is 0.364. The number of benzene rings is 2. The summed E-state index contributed by atoms with van der Waals surface area (Å²) in [6.45, 7) is 6.34. The number of carbonyl (C=O) groups excluding carboxylic acids is 2. The fourth-order valence-corrected chi connectivity index (χ4v) is 2.43. The zero-order chi connectivity index (χ0) is 21.2. The standard InChI is InChI=1S/C22H27NO6/c1-5-13-28-19-12-7-16(14-20(19)27-6-2)22(25)29-15(3)21(24)23-17-8-10-18(26-4)11-9-17/h7-12,14-15H,5-6,13H2,1-4H3,(H,23,24). The van der Waals surface area contributed by atoms with Crippen molar-refractivity contribution in [1.82, 2.24) is 0 Å². The molecule has 1 amide bonds. The van der Waals surface area contributed by atoms with Crippen molar-refractivity contribution in [3.05, 3.63) is 48.0 Å². The largest absolute Gasteiger partial charge is 0.497 e. The summed E-state index contributed by atoms with van der Waals surface area (Å²) in [5, 5.41) is 2.70. The zero-order valence-electron chi connectivity index (χ0n) is 17.2. The summed E-state index contributed by atoms with van der Waals surface area (Å²) < 4.78 is 21.6. The minimum Gasteiger partial charge on any atom is -0.497 e. The predicted octanol–water partition coefficient (Wildman–Crippen LogP) is 4.07. The van der Waals surface area contributed by atoms with Gasteiger partial charge in [-0.1, -0.05) is 6.92 Å². The molecule has 1 unspecified atom stereocenters. The molecule has 0 aliphatic rings. The van der Waals surface area contributed by atoms with Crippen LogP contribution in [0.25, 0.3) is 0 Å². The highest BCUT2D eigenvalue weighted by Gasteiger charge is 2.20. The Balaban J connectivity index is 2.01. The first kappa shape index (κ1) is 22.1. The minimum absolute atomic E-state index is 0.279. The van der Waals surface area contributed by atoms with Crippen molar-refractivity contribution < 1.29 is 28.5 Å². The molecule has 0 radical (unpaired) electrons. The van der Waals surface area contributed by atoms with E-state index in [1.165, 1.54) is 6.92 Å². The Kier molecular flexibility index (Phi) is 8.33. The smallest absolute Gasteiger partial charge is 0.339 e. The van der Waals surface area contributed by atoms with Crippen LogP contribution < -0.4 is 19.5 Å². The SMILES string of the molecule is CCCOc1ccc(C(=O)OC(C)C(=O)Nc2ccc(OC)cc2)cc1OCC. The van der Waals surface area contributed by atoms with E-state index in [0.29, 0.717) is 36.1 Å². The number of hydrogen-bond acceptors (Lipinski definition) is 6. The third kappa shape index (κ3) is 6.41. The number of anilines is 1. The highest BCUT2D eigenvalue weighted by Crippen LogP contribution is 2.29. The van der Waals surface area contributed by atoms with Crippen LogP contribution in [0.1, 0.15) is 37.6 Å². The first-order valence-corrected chi connectivity index (χ1v) is 9.54. The third-order valence-corrected chi connectivity index (χ3v) is 3.95. The lowest BCUT2D eigenvalue weighted by molar-refractivity contribution is -0.123. The van der Waals surface area contributed by atoms with Crippen molar-refractivity contribution in [1.29, 1.82) is 0 Å². The Hall–Kier alpha value is -3.22. The van der Waals surface area contributed by atoms with Gasteiger partial charge in [0.05, 0.1) is 25.9 Å². The summed E-state index contributed by atoms with van der Waals surface area (Å²) in [7, 11) is 1.56. The maximum absolute atomic E-state index is 12.5. The summed E-state index contributed by atoms with van der Waals surface area (Å²) in [4.78, 5) is 24.8. The number of amides is 1. The van der Waals surface area contributed by atoms with E-state index < -0.39 is 18.0 Å². The highest BCUT2D eigenvalue weighted by molar-refractivity contribution is 5.97. The van der Waals surface area contributed by atoms with Crippen LogP contribution in [0, 0.1) is 0 Å². The molecule has 29 heavy (non-hydrogen) atoms. The second kappa shape index (κ2) is 10.9. The van der Waals surface area contributed by atoms with E-state index in [2.05, 4.69) is 5.32 Å². The zero-order valence-corrected chi connectivity index (χ0v) is 17.2. The number of rotatable bonds is 10. The van der Waals surface area contributed by atoms with Gasteiger partial charge in [-0.2, -0.15) is 0 Å². The lowest BCUT2D eigenvalue weighted by atomic mass is 10.2. The minimum atomic E-state index is -0.976. The number of hydrogen-bond donors (Lipinski definition) is 1. The molecule has 0 fully saturated rings. The van der Waals surface area contributed by atoms with Gasteiger partial charge in [-0.3, -0.25) is 4.79 Å². The molecule has 2 aromatic carbocycles. The Morgan fingerprint density at radius 2 is 1.72 bits per heavy atom. The van der Waals surface area contributed by atoms with Crippen molar-refractivity contribution >= 4 is 17.6 Å². The van der Waals surface area contributed by atoms with E-state index in [1.807, 2.05) is 13.8 Å². The molecule has 0 spiro atoms. The van der Waals surface area contributed by atoms with Gasteiger partial charge in [0.2, 0.25) is 0 Å². The second-order valence-corrected chi connectivity index (χ2v) is 6.21. The average molecular weight is 401 g/mol. The summed E-state index contributed by atoms with van der Waals surface area (Å²) in [6.07, 6.45) is -0.118. The Labute approximate surface area is 170 Å². The molecule has 0 saturated heterocycles. The molecule has 7 nitrogen and oxygen atoms in total. The third-order valence-electron chi connectivity index (χ3n) is 3.95. The van der Waals surface area contributed by atoms with Crippen LogP contribution in [0.4, 0.5) is 5.69 Å². The fourth-order valence-electron chi connectivity index (χ4n) is 2.43. The molecule has 1 atom stereocenters. The van der Waals surface area contributed by atoms with E-state index >= 15 is 0 Å². The van der Waals surface area contributed by atoms with Gasteiger partial charge in [-0.05, 0) is 62.7 Å². The maximum Gasteiger partial charge on any atom is 0.339 e. The lowest BCUT2D eigenvalue weighted by Crippen LogP contribution is -2.30. The van der Waals surface area contributed by atoms with Crippen molar-refractivity contribution in [2.45, 2.75) is 33.3 Å². The molecule has 2 aromatic rings. The van der Waals surface area contributed by atoms with Gasteiger partial charge in [0, 0.05) is 5.69 Å². The molecule has 0 aliphatic heterocycles. The predicted molar refractivity (Wildman–Crippen MR) is 110 cm³/mol. The number of carbonyl (C=O) groups is 2. The summed E-state index contributed by atoms with van der Waals surface area (Å²) in [6, 6.07) is 11.7. The normalized spacial score (nSPS) is 11.3. The van der Waals surface area contributed by atoms with Crippen LogP contribution in [-0.2, 0) is 9.53 Å². The molecular weight excluding hydrogens is 374 g/mol. The van der Waals surface area contributed by atoms with E-state index in [9.17, 15) is 9.59 Å². The summed E-state index contributed by atoms with van der Waals surface area (Å²) in [5.74, 6) is 0.655. The van der Waals surface area contributed by atoms with Crippen LogP contribution in [0.2, 0.25) is 0 Å². The van der Waals surface area contributed by atoms with Crippen molar-refractivity contribution in [3.63, 3.8) is 0 Å². The molecule has 2 rings (SSSR count). The first-order chi connectivity index (χ1) is 14.0. The van der Waals surface area contributed by atoms with Gasteiger partial charge in [0.1, 0.15) is 5.75 Å². The highest BCUT2D eigenvalue weighted by atomic mass is 16.5. The molecule has 7 heteroatoms. The van der Waals surface area contributed by atoms with E-state index in [0.717, 1.165) is 6.42 Å². The van der Waals surface area contributed by atoms with E-state index in [-0.39, 0.29) is 5.56 Å². The van der Waals surface area contributed by atoms with E-state index in [1.54, 1.807) is 49.6 Å². The Morgan fingerprint density at radius 3 is 2.34 bits per heavy atom. The second-order valence-electron chi connectivity index (χ2n) is 6.21.